The van der Waals surface area contributed by atoms with Crippen LogP contribution in [0.1, 0.15) is 11.1 Å². The maximum absolute atomic E-state index is 6.02. The minimum atomic E-state index is 0.918. The molecule has 2 aromatic carbocycles. The van der Waals surface area contributed by atoms with Crippen molar-refractivity contribution in [1.29, 1.82) is 0 Å². The van der Waals surface area contributed by atoms with Gasteiger partial charge in [-0.05, 0) is 36.6 Å². The standard InChI is InChI=1S/C19H25N3/c1-16-6-2-5-9-19(16)22-14-12-21(13-15-22)11-10-17-7-3-4-8-18(17)20/h2-9H,10-15,20H2,1H3. The van der Waals surface area contributed by atoms with Crippen molar-refractivity contribution in [3.05, 3.63) is 59.7 Å². The summed E-state index contributed by atoms with van der Waals surface area (Å²) in [6, 6.07) is 16.9. The first-order chi connectivity index (χ1) is 10.7. The molecule has 0 amide bonds. The SMILES string of the molecule is Cc1ccccc1N1CCN(CCc2ccccc2N)CC1. The number of hydrogen-bond acceptors (Lipinski definition) is 3. The number of hydrogen-bond donors (Lipinski definition) is 1. The molecule has 0 radical (unpaired) electrons. The van der Waals surface area contributed by atoms with Crippen LogP contribution in [0.4, 0.5) is 11.4 Å². The van der Waals surface area contributed by atoms with Gasteiger partial charge in [0, 0.05) is 44.1 Å². The monoisotopic (exact) mass is 295 g/mol. The summed E-state index contributed by atoms with van der Waals surface area (Å²) < 4.78 is 0. The minimum absolute atomic E-state index is 0.918. The lowest BCUT2D eigenvalue weighted by Gasteiger charge is -2.36. The number of anilines is 2. The van der Waals surface area contributed by atoms with Gasteiger partial charge in [0.25, 0.3) is 0 Å². The van der Waals surface area contributed by atoms with E-state index in [9.17, 15) is 0 Å². The van der Waals surface area contributed by atoms with Crippen LogP contribution in [0.15, 0.2) is 48.5 Å². The normalized spacial score (nSPS) is 16.0. The molecule has 0 atom stereocenters. The molecule has 1 aliphatic heterocycles. The van der Waals surface area contributed by atoms with Crippen molar-refractivity contribution in [3.8, 4) is 0 Å². The third-order valence-corrected chi connectivity index (χ3v) is 4.58. The van der Waals surface area contributed by atoms with Crippen molar-refractivity contribution < 1.29 is 0 Å². The first-order valence-electron chi connectivity index (χ1n) is 8.10. The summed E-state index contributed by atoms with van der Waals surface area (Å²) >= 11 is 0. The van der Waals surface area contributed by atoms with Crippen molar-refractivity contribution in [2.75, 3.05) is 43.4 Å². The van der Waals surface area contributed by atoms with Crippen molar-refractivity contribution >= 4 is 11.4 Å². The van der Waals surface area contributed by atoms with E-state index in [1.807, 2.05) is 12.1 Å². The summed E-state index contributed by atoms with van der Waals surface area (Å²) in [6.07, 6.45) is 1.04. The molecular formula is C19H25N3. The fraction of sp³-hybridized carbons (Fsp3) is 0.368. The smallest absolute Gasteiger partial charge is 0.0396 e. The van der Waals surface area contributed by atoms with E-state index in [4.69, 9.17) is 5.73 Å². The zero-order valence-electron chi connectivity index (χ0n) is 13.3. The van der Waals surface area contributed by atoms with Gasteiger partial charge >= 0.3 is 0 Å². The summed E-state index contributed by atoms with van der Waals surface area (Å²) in [7, 11) is 0. The molecule has 2 N–H and O–H groups in total. The lowest BCUT2D eigenvalue weighted by atomic mass is 10.1. The molecule has 2 aromatic rings. The first-order valence-corrected chi connectivity index (χ1v) is 8.10. The Hall–Kier alpha value is -2.00. The Morgan fingerprint density at radius 1 is 0.909 bits per heavy atom. The maximum atomic E-state index is 6.02. The number of nitrogens with zero attached hydrogens (tertiary/aromatic N) is 2. The third kappa shape index (κ3) is 3.42. The lowest BCUT2D eigenvalue weighted by Crippen LogP contribution is -2.47. The van der Waals surface area contributed by atoms with Crippen LogP contribution in [0, 0.1) is 6.92 Å². The van der Waals surface area contributed by atoms with E-state index in [2.05, 4.69) is 53.1 Å². The van der Waals surface area contributed by atoms with E-state index in [0.717, 1.165) is 44.8 Å². The zero-order valence-corrected chi connectivity index (χ0v) is 13.3. The van der Waals surface area contributed by atoms with E-state index in [-0.39, 0.29) is 0 Å². The highest BCUT2D eigenvalue weighted by Crippen LogP contribution is 2.21. The first kappa shape index (κ1) is 14.9. The Bertz CT molecular complexity index is 616. The van der Waals surface area contributed by atoms with Crippen molar-refractivity contribution in [2.24, 2.45) is 0 Å². The number of rotatable bonds is 4. The molecule has 1 fully saturated rings. The van der Waals surface area contributed by atoms with Crippen LogP contribution in [0.3, 0.4) is 0 Å². The average Bonchev–Trinajstić information content (AvgIpc) is 2.55. The van der Waals surface area contributed by atoms with Crippen molar-refractivity contribution in [3.63, 3.8) is 0 Å². The summed E-state index contributed by atoms with van der Waals surface area (Å²) in [4.78, 5) is 5.05. The summed E-state index contributed by atoms with van der Waals surface area (Å²) in [5.74, 6) is 0. The highest BCUT2D eigenvalue weighted by atomic mass is 15.3. The average molecular weight is 295 g/mol. The molecule has 1 aliphatic rings. The minimum Gasteiger partial charge on any atom is -0.399 e. The highest BCUT2D eigenvalue weighted by molar-refractivity contribution is 5.53. The molecule has 22 heavy (non-hydrogen) atoms. The van der Waals surface area contributed by atoms with Crippen molar-refractivity contribution in [1.82, 2.24) is 4.90 Å². The van der Waals surface area contributed by atoms with Crippen LogP contribution in [0.5, 0.6) is 0 Å². The quantitative estimate of drug-likeness (QED) is 0.880. The van der Waals surface area contributed by atoms with E-state index in [1.165, 1.54) is 16.8 Å². The van der Waals surface area contributed by atoms with Crippen LogP contribution >= 0.6 is 0 Å². The predicted molar refractivity (Wildman–Crippen MR) is 94.4 cm³/mol. The summed E-state index contributed by atoms with van der Waals surface area (Å²) in [5, 5.41) is 0. The molecule has 1 saturated heterocycles. The number of benzene rings is 2. The molecule has 0 bridgehead atoms. The van der Waals surface area contributed by atoms with Gasteiger partial charge < -0.3 is 10.6 Å². The van der Waals surface area contributed by atoms with Gasteiger partial charge in [-0.15, -0.1) is 0 Å². The second-order valence-electron chi connectivity index (χ2n) is 6.06. The number of aryl methyl sites for hydroxylation is 1. The molecule has 0 saturated carbocycles. The molecule has 0 aliphatic carbocycles. The number of piperazine rings is 1. The molecule has 0 spiro atoms. The fourth-order valence-corrected chi connectivity index (χ4v) is 3.17. The van der Waals surface area contributed by atoms with Gasteiger partial charge in [-0.3, -0.25) is 4.90 Å². The van der Waals surface area contributed by atoms with Gasteiger partial charge in [0.05, 0.1) is 0 Å². The second kappa shape index (κ2) is 6.84. The Balaban J connectivity index is 1.52. The van der Waals surface area contributed by atoms with Crippen LogP contribution in [-0.2, 0) is 6.42 Å². The third-order valence-electron chi connectivity index (χ3n) is 4.58. The molecule has 3 heteroatoms. The summed E-state index contributed by atoms with van der Waals surface area (Å²) in [6.45, 7) is 7.75. The zero-order chi connectivity index (χ0) is 15.4. The largest absolute Gasteiger partial charge is 0.399 e. The lowest BCUT2D eigenvalue weighted by molar-refractivity contribution is 0.261. The molecule has 116 valence electrons. The highest BCUT2D eigenvalue weighted by Gasteiger charge is 2.18. The van der Waals surface area contributed by atoms with Gasteiger partial charge in [-0.25, -0.2) is 0 Å². The van der Waals surface area contributed by atoms with Gasteiger partial charge in [0.2, 0.25) is 0 Å². The second-order valence-corrected chi connectivity index (χ2v) is 6.06. The van der Waals surface area contributed by atoms with Gasteiger partial charge in [0.1, 0.15) is 0 Å². The van der Waals surface area contributed by atoms with Crippen LogP contribution in [-0.4, -0.2) is 37.6 Å². The van der Waals surface area contributed by atoms with Gasteiger partial charge in [-0.2, -0.15) is 0 Å². The molecule has 0 aromatic heterocycles. The van der Waals surface area contributed by atoms with Gasteiger partial charge in [-0.1, -0.05) is 36.4 Å². The number of nitrogen functional groups attached to an aromatic ring is 1. The Kier molecular flexibility index (Phi) is 4.64. The fourth-order valence-electron chi connectivity index (χ4n) is 3.17. The van der Waals surface area contributed by atoms with E-state index < -0.39 is 0 Å². The molecule has 0 unspecified atom stereocenters. The van der Waals surface area contributed by atoms with E-state index in [0.29, 0.717) is 0 Å². The summed E-state index contributed by atoms with van der Waals surface area (Å²) in [5.41, 5.74) is 11.0. The van der Waals surface area contributed by atoms with Crippen LogP contribution in [0.25, 0.3) is 0 Å². The Morgan fingerprint density at radius 3 is 2.32 bits per heavy atom. The number of para-hydroxylation sites is 2. The Morgan fingerprint density at radius 2 is 1.59 bits per heavy atom. The topological polar surface area (TPSA) is 32.5 Å². The van der Waals surface area contributed by atoms with Crippen LogP contribution in [0.2, 0.25) is 0 Å². The molecular weight excluding hydrogens is 270 g/mol. The predicted octanol–water partition coefficient (Wildman–Crippen LogP) is 2.94. The van der Waals surface area contributed by atoms with Gasteiger partial charge in [0.15, 0.2) is 0 Å². The van der Waals surface area contributed by atoms with E-state index >= 15 is 0 Å². The Labute approximate surface area is 133 Å². The molecule has 3 rings (SSSR count). The molecule has 1 heterocycles. The van der Waals surface area contributed by atoms with E-state index in [1.54, 1.807) is 0 Å². The van der Waals surface area contributed by atoms with Crippen molar-refractivity contribution in [2.45, 2.75) is 13.3 Å². The molecule has 3 nitrogen and oxygen atoms in total. The maximum Gasteiger partial charge on any atom is 0.0396 e. The van der Waals surface area contributed by atoms with Crippen LogP contribution < -0.4 is 10.6 Å². The number of nitrogens with two attached hydrogens (primary N) is 1.